The number of rotatable bonds is 6. The van der Waals surface area contributed by atoms with Gasteiger partial charge in [-0.25, -0.2) is 0 Å². The van der Waals surface area contributed by atoms with E-state index in [0.29, 0.717) is 28.8 Å². The predicted octanol–water partition coefficient (Wildman–Crippen LogP) is 2.79. The second-order valence-electron chi connectivity index (χ2n) is 8.40. The van der Waals surface area contributed by atoms with Crippen LogP contribution < -0.4 is 30.0 Å². The fourth-order valence-electron chi connectivity index (χ4n) is 5.04. The summed E-state index contributed by atoms with van der Waals surface area (Å²) in [7, 11) is 4.42. The minimum Gasteiger partial charge on any atom is -0.493 e. The maximum absolute atomic E-state index is 13.5. The van der Waals surface area contributed by atoms with Crippen LogP contribution in [0, 0.1) is 17.2 Å². The molecule has 10 heteroatoms. The van der Waals surface area contributed by atoms with E-state index in [1.165, 1.54) is 21.3 Å². The SMILES string of the molecule is CCC1CCCCN1c1nc2c(c(=O)[nH]1)C(c1ccc(OC)c(OC)c1OC)C(C#N)C(=O)N2. The van der Waals surface area contributed by atoms with Crippen LogP contribution in [0.25, 0.3) is 0 Å². The minimum atomic E-state index is -1.16. The topological polar surface area (TPSA) is 130 Å². The van der Waals surface area contributed by atoms with Crippen LogP contribution in [0.3, 0.4) is 0 Å². The van der Waals surface area contributed by atoms with Crippen molar-refractivity contribution in [2.45, 2.75) is 44.6 Å². The number of piperidine rings is 1. The molecule has 3 unspecified atom stereocenters. The Labute approximate surface area is 197 Å². The fraction of sp³-hybridized carbons (Fsp3) is 0.500. The van der Waals surface area contributed by atoms with Gasteiger partial charge in [-0.05, 0) is 31.7 Å². The maximum Gasteiger partial charge on any atom is 0.258 e. The third-order valence-corrected chi connectivity index (χ3v) is 6.69. The molecular weight excluding hydrogens is 438 g/mol. The molecule has 0 bridgehead atoms. The van der Waals surface area contributed by atoms with Crippen molar-refractivity contribution in [2.75, 3.05) is 38.1 Å². The molecule has 1 amide bonds. The van der Waals surface area contributed by atoms with E-state index in [4.69, 9.17) is 14.2 Å². The number of H-pyrrole nitrogens is 1. The lowest BCUT2D eigenvalue weighted by molar-refractivity contribution is -0.119. The van der Waals surface area contributed by atoms with Crippen LogP contribution in [0.15, 0.2) is 16.9 Å². The number of benzene rings is 1. The Morgan fingerprint density at radius 3 is 2.56 bits per heavy atom. The van der Waals surface area contributed by atoms with Gasteiger partial charge in [-0.2, -0.15) is 10.2 Å². The Balaban J connectivity index is 1.91. The highest BCUT2D eigenvalue weighted by Crippen LogP contribution is 2.48. The number of hydrogen-bond donors (Lipinski definition) is 2. The predicted molar refractivity (Wildman–Crippen MR) is 126 cm³/mol. The van der Waals surface area contributed by atoms with Gasteiger partial charge in [0.05, 0.1) is 33.0 Å². The number of anilines is 2. The van der Waals surface area contributed by atoms with E-state index < -0.39 is 23.3 Å². The van der Waals surface area contributed by atoms with Crippen LogP contribution in [-0.4, -0.2) is 49.8 Å². The molecule has 10 nitrogen and oxygen atoms in total. The Hall–Kier alpha value is -3.74. The molecule has 3 atom stereocenters. The third kappa shape index (κ3) is 3.81. The van der Waals surface area contributed by atoms with Crippen LogP contribution in [0.5, 0.6) is 17.2 Å². The Morgan fingerprint density at radius 1 is 1.15 bits per heavy atom. The standard InChI is InChI=1S/C24H29N5O5/c1-5-13-8-6-7-11-29(13)24-27-21-18(23(31)28-24)17(15(12-25)22(30)26-21)14-9-10-16(32-2)20(34-4)19(14)33-3/h9-10,13,15,17H,5-8,11H2,1-4H3,(H2,26,27,28,30,31). The van der Waals surface area contributed by atoms with Crippen molar-refractivity contribution < 1.29 is 19.0 Å². The molecule has 180 valence electrons. The lowest BCUT2D eigenvalue weighted by Gasteiger charge is -2.36. The van der Waals surface area contributed by atoms with Gasteiger partial charge in [0.25, 0.3) is 5.56 Å². The summed E-state index contributed by atoms with van der Waals surface area (Å²) in [5.74, 6) is -0.961. The number of aromatic nitrogens is 2. The van der Waals surface area contributed by atoms with Crippen LogP contribution in [0.2, 0.25) is 0 Å². The summed E-state index contributed by atoms with van der Waals surface area (Å²) in [6.45, 7) is 2.89. The smallest absolute Gasteiger partial charge is 0.258 e. The molecule has 1 fully saturated rings. The first-order valence-corrected chi connectivity index (χ1v) is 11.4. The van der Waals surface area contributed by atoms with Crippen LogP contribution in [0.1, 0.15) is 49.7 Å². The number of carbonyl (C=O) groups excluding carboxylic acids is 1. The highest BCUT2D eigenvalue weighted by molar-refractivity contribution is 5.98. The summed E-state index contributed by atoms with van der Waals surface area (Å²) >= 11 is 0. The maximum atomic E-state index is 13.5. The lowest BCUT2D eigenvalue weighted by Crippen LogP contribution is -2.43. The molecule has 3 heterocycles. The molecule has 0 spiro atoms. The second-order valence-corrected chi connectivity index (χ2v) is 8.40. The van der Waals surface area contributed by atoms with Gasteiger partial charge < -0.3 is 24.4 Å². The zero-order chi connectivity index (χ0) is 24.4. The summed E-state index contributed by atoms with van der Waals surface area (Å²) < 4.78 is 16.4. The average molecular weight is 468 g/mol. The third-order valence-electron chi connectivity index (χ3n) is 6.69. The number of ether oxygens (including phenoxy) is 3. The van der Waals surface area contributed by atoms with E-state index in [-0.39, 0.29) is 17.4 Å². The van der Waals surface area contributed by atoms with Crippen molar-refractivity contribution in [1.29, 1.82) is 5.26 Å². The molecule has 2 N–H and O–H groups in total. The van der Waals surface area contributed by atoms with Gasteiger partial charge in [0, 0.05) is 24.1 Å². The molecule has 2 aliphatic rings. The van der Waals surface area contributed by atoms with Crippen molar-refractivity contribution in [3.05, 3.63) is 33.6 Å². The number of hydrogen-bond acceptors (Lipinski definition) is 8. The Kier molecular flexibility index (Phi) is 6.63. The number of carbonyl (C=O) groups is 1. The quantitative estimate of drug-likeness (QED) is 0.663. The van der Waals surface area contributed by atoms with Crippen molar-refractivity contribution in [3.63, 3.8) is 0 Å². The molecule has 1 saturated heterocycles. The van der Waals surface area contributed by atoms with Gasteiger partial charge in [-0.3, -0.25) is 14.6 Å². The average Bonchev–Trinajstić information content (AvgIpc) is 2.86. The van der Waals surface area contributed by atoms with Crippen molar-refractivity contribution in [2.24, 2.45) is 5.92 Å². The number of nitriles is 1. The van der Waals surface area contributed by atoms with E-state index in [1.807, 2.05) is 0 Å². The number of amides is 1. The molecule has 0 radical (unpaired) electrons. The molecule has 2 aromatic rings. The van der Waals surface area contributed by atoms with Crippen molar-refractivity contribution >= 4 is 17.7 Å². The summed E-state index contributed by atoms with van der Waals surface area (Å²) in [4.78, 5) is 36.1. The van der Waals surface area contributed by atoms with E-state index in [0.717, 1.165) is 32.2 Å². The molecule has 1 aromatic heterocycles. The Morgan fingerprint density at radius 2 is 1.91 bits per heavy atom. The van der Waals surface area contributed by atoms with Gasteiger partial charge in [-0.15, -0.1) is 0 Å². The molecule has 1 aromatic carbocycles. The summed E-state index contributed by atoms with van der Waals surface area (Å²) in [6, 6.07) is 5.66. The van der Waals surface area contributed by atoms with Gasteiger partial charge in [0.2, 0.25) is 17.6 Å². The second kappa shape index (κ2) is 9.63. The zero-order valence-corrected chi connectivity index (χ0v) is 19.8. The van der Waals surface area contributed by atoms with Crippen LogP contribution in [0.4, 0.5) is 11.8 Å². The first-order chi connectivity index (χ1) is 16.5. The fourth-order valence-corrected chi connectivity index (χ4v) is 5.04. The number of nitrogens with zero attached hydrogens (tertiary/aromatic N) is 3. The molecule has 0 aliphatic carbocycles. The first-order valence-electron chi connectivity index (χ1n) is 11.4. The highest BCUT2D eigenvalue weighted by atomic mass is 16.5. The van der Waals surface area contributed by atoms with Crippen molar-refractivity contribution in [3.8, 4) is 23.3 Å². The van der Waals surface area contributed by atoms with Gasteiger partial charge >= 0.3 is 0 Å². The zero-order valence-electron chi connectivity index (χ0n) is 19.8. The molecule has 2 aliphatic heterocycles. The van der Waals surface area contributed by atoms with E-state index >= 15 is 0 Å². The molecule has 4 rings (SSSR count). The van der Waals surface area contributed by atoms with Crippen molar-refractivity contribution in [1.82, 2.24) is 9.97 Å². The van der Waals surface area contributed by atoms with Crippen LogP contribution in [-0.2, 0) is 4.79 Å². The first kappa shape index (κ1) is 23.4. The minimum absolute atomic E-state index is 0.164. The normalized spacial score (nSPS) is 21.8. The number of nitrogens with one attached hydrogen (secondary N) is 2. The summed E-state index contributed by atoms with van der Waals surface area (Å²) in [6.07, 6.45) is 4.08. The lowest BCUT2D eigenvalue weighted by atomic mass is 9.78. The van der Waals surface area contributed by atoms with Gasteiger partial charge in [0.15, 0.2) is 11.5 Å². The van der Waals surface area contributed by atoms with E-state index in [2.05, 4.69) is 33.2 Å². The van der Waals surface area contributed by atoms with Gasteiger partial charge in [0.1, 0.15) is 11.7 Å². The van der Waals surface area contributed by atoms with Crippen LogP contribution >= 0.6 is 0 Å². The van der Waals surface area contributed by atoms with E-state index in [1.54, 1.807) is 12.1 Å². The number of aromatic amines is 1. The largest absolute Gasteiger partial charge is 0.493 e. The summed E-state index contributed by atoms with van der Waals surface area (Å²) in [5.41, 5.74) is 0.278. The Bertz CT molecular complexity index is 1190. The molecular formula is C24H29N5O5. The molecule has 0 saturated carbocycles. The number of methoxy groups -OCH3 is 3. The molecule has 34 heavy (non-hydrogen) atoms. The highest BCUT2D eigenvalue weighted by Gasteiger charge is 2.42. The number of fused-ring (bicyclic) bond motifs is 1. The monoisotopic (exact) mass is 467 g/mol. The summed E-state index contributed by atoms with van der Waals surface area (Å²) in [5, 5.41) is 12.6. The van der Waals surface area contributed by atoms with Gasteiger partial charge in [-0.1, -0.05) is 13.0 Å². The van der Waals surface area contributed by atoms with E-state index in [9.17, 15) is 14.9 Å².